The topological polar surface area (TPSA) is 44.4 Å². The Morgan fingerprint density at radius 1 is 1.32 bits per heavy atom. The van der Waals surface area contributed by atoms with Gasteiger partial charge in [0.1, 0.15) is 0 Å². The number of halogens is 3. The fourth-order valence-electron chi connectivity index (χ4n) is 3.26. The van der Waals surface area contributed by atoms with Gasteiger partial charge in [-0.15, -0.1) is 24.8 Å². The molecule has 0 aromatic heterocycles. The zero-order valence-electron chi connectivity index (χ0n) is 15.0. The van der Waals surface area contributed by atoms with Crippen molar-refractivity contribution in [2.75, 3.05) is 32.7 Å². The summed E-state index contributed by atoms with van der Waals surface area (Å²) in [5.74, 6) is 0.244. The van der Waals surface area contributed by atoms with Gasteiger partial charge < -0.3 is 10.6 Å². The maximum absolute atomic E-state index is 12.4. The molecule has 0 bridgehead atoms. The Bertz CT molecular complexity index is 506. The molecular weight excluding hydrogens is 381 g/mol. The van der Waals surface area contributed by atoms with Gasteiger partial charge in [0.25, 0.3) is 0 Å². The Balaban J connectivity index is 0.00000288. The first-order chi connectivity index (χ1) is 11.2. The predicted octanol–water partition coefficient (Wildman–Crippen LogP) is 3.68. The quantitative estimate of drug-likeness (QED) is 0.720. The highest BCUT2D eigenvalue weighted by molar-refractivity contribution is 6.31. The van der Waals surface area contributed by atoms with Crippen LogP contribution in [-0.4, -0.2) is 43.5 Å². The van der Waals surface area contributed by atoms with E-state index in [9.17, 15) is 4.79 Å². The van der Waals surface area contributed by atoms with Crippen molar-refractivity contribution in [2.24, 2.45) is 5.92 Å². The Hall–Kier alpha value is -0.520. The van der Waals surface area contributed by atoms with E-state index in [0.717, 1.165) is 49.6 Å². The lowest BCUT2D eigenvalue weighted by Crippen LogP contribution is -2.44. The van der Waals surface area contributed by atoms with Gasteiger partial charge in [-0.1, -0.05) is 43.6 Å². The van der Waals surface area contributed by atoms with Gasteiger partial charge in [0, 0.05) is 18.1 Å². The molecule has 1 fully saturated rings. The second-order valence-electron chi connectivity index (χ2n) is 6.05. The zero-order chi connectivity index (χ0) is 16.7. The van der Waals surface area contributed by atoms with E-state index >= 15 is 0 Å². The van der Waals surface area contributed by atoms with Crippen LogP contribution >= 0.6 is 36.4 Å². The maximum Gasteiger partial charge on any atom is 0.224 e. The number of benzene rings is 1. The number of piperidine rings is 1. The predicted molar refractivity (Wildman–Crippen MR) is 110 cm³/mol. The molecule has 0 radical (unpaired) electrons. The molecule has 4 nitrogen and oxygen atoms in total. The molecule has 144 valence electrons. The molecule has 0 spiro atoms. The third-order valence-corrected chi connectivity index (χ3v) is 5.00. The number of carbonyl (C=O) groups excluding carboxylic acids is 1. The summed E-state index contributed by atoms with van der Waals surface area (Å²) < 4.78 is 0. The molecule has 1 aliphatic heterocycles. The van der Waals surface area contributed by atoms with E-state index < -0.39 is 0 Å². The molecule has 1 saturated heterocycles. The molecule has 1 aliphatic rings. The first-order valence-corrected chi connectivity index (χ1v) is 9.02. The van der Waals surface area contributed by atoms with Crippen LogP contribution in [0.3, 0.4) is 0 Å². The summed E-state index contributed by atoms with van der Waals surface area (Å²) in [7, 11) is 0. The van der Waals surface area contributed by atoms with E-state index in [4.69, 9.17) is 11.6 Å². The second kappa shape index (κ2) is 12.8. The molecule has 7 heteroatoms. The van der Waals surface area contributed by atoms with Crippen molar-refractivity contribution in [2.45, 2.75) is 32.7 Å². The summed E-state index contributed by atoms with van der Waals surface area (Å²) in [5.41, 5.74) is 1.08. The standard InChI is InChI=1S/C18H28ClN3O.2ClH/c1-3-22(4-2)17(15-9-5-6-10-16(15)19)13-21-18(23)14-8-7-11-20-12-14;;/h5-6,9-10,14,17,20H,3-4,7-8,11-13H2,1-2H3,(H,21,23);2*1H. The molecule has 25 heavy (non-hydrogen) atoms. The highest BCUT2D eigenvalue weighted by atomic mass is 35.5. The minimum Gasteiger partial charge on any atom is -0.354 e. The number of rotatable bonds is 7. The van der Waals surface area contributed by atoms with Crippen molar-refractivity contribution in [3.05, 3.63) is 34.9 Å². The van der Waals surface area contributed by atoms with E-state index in [0.29, 0.717) is 6.54 Å². The van der Waals surface area contributed by atoms with Crippen LogP contribution in [0.2, 0.25) is 5.02 Å². The van der Waals surface area contributed by atoms with Crippen molar-refractivity contribution in [1.82, 2.24) is 15.5 Å². The van der Waals surface area contributed by atoms with Crippen LogP contribution in [0.1, 0.15) is 38.3 Å². The molecule has 0 aliphatic carbocycles. The van der Waals surface area contributed by atoms with E-state index in [-0.39, 0.29) is 42.7 Å². The molecule has 2 atom stereocenters. The molecule has 1 aromatic rings. The highest BCUT2D eigenvalue weighted by Gasteiger charge is 2.24. The number of hydrogen-bond acceptors (Lipinski definition) is 3. The lowest BCUT2D eigenvalue weighted by Gasteiger charge is -2.31. The first kappa shape index (κ1) is 24.5. The third-order valence-electron chi connectivity index (χ3n) is 4.65. The van der Waals surface area contributed by atoms with Crippen LogP contribution < -0.4 is 10.6 Å². The number of hydrogen-bond donors (Lipinski definition) is 2. The van der Waals surface area contributed by atoms with Gasteiger partial charge in [-0.25, -0.2) is 0 Å². The summed E-state index contributed by atoms with van der Waals surface area (Å²) >= 11 is 6.39. The minimum atomic E-state index is 0. The van der Waals surface area contributed by atoms with Crippen LogP contribution in [0.4, 0.5) is 0 Å². The smallest absolute Gasteiger partial charge is 0.224 e. The van der Waals surface area contributed by atoms with Crippen LogP contribution in [0.5, 0.6) is 0 Å². The summed E-state index contributed by atoms with van der Waals surface area (Å²) in [4.78, 5) is 14.7. The molecule has 2 rings (SSSR count). The normalized spacial score (nSPS) is 18.0. The van der Waals surface area contributed by atoms with Crippen LogP contribution in [0.25, 0.3) is 0 Å². The summed E-state index contributed by atoms with van der Waals surface area (Å²) in [6.07, 6.45) is 2.04. The van der Waals surface area contributed by atoms with Crippen LogP contribution in [0, 0.1) is 5.92 Å². The Morgan fingerprint density at radius 2 is 2.00 bits per heavy atom. The van der Waals surface area contributed by atoms with Crippen molar-refractivity contribution in [3.8, 4) is 0 Å². The Kier molecular flexibility index (Phi) is 12.5. The van der Waals surface area contributed by atoms with Gasteiger partial charge in [-0.05, 0) is 44.1 Å². The van der Waals surface area contributed by atoms with E-state index in [1.807, 2.05) is 18.2 Å². The first-order valence-electron chi connectivity index (χ1n) is 8.64. The average Bonchev–Trinajstić information content (AvgIpc) is 2.60. The number of amides is 1. The van der Waals surface area contributed by atoms with Gasteiger partial charge in [0.2, 0.25) is 5.91 Å². The Morgan fingerprint density at radius 3 is 2.56 bits per heavy atom. The van der Waals surface area contributed by atoms with E-state index in [2.05, 4.69) is 35.4 Å². The lowest BCUT2D eigenvalue weighted by molar-refractivity contribution is -0.125. The number of likely N-dealkylation sites (N-methyl/N-ethyl adjacent to an activating group) is 1. The summed E-state index contributed by atoms with van der Waals surface area (Å²) in [5, 5.41) is 7.21. The van der Waals surface area contributed by atoms with Crippen molar-refractivity contribution >= 4 is 42.3 Å². The summed E-state index contributed by atoms with van der Waals surface area (Å²) in [6, 6.07) is 8.03. The molecule has 1 heterocycles. The number of nitrogens with zero attached hydrogens (tertiary/aromatic N) is 1. The molecular formula is C18H30Cl3N3O. The second-order valence-corrected chi connectivity index (χ2v) is 6.45. The van der Waals surface area contributed by atoms with Crippen LogP contribution in [0.15, 0.2) is 24.3 Å². The fraction of sp³-hybridized carbons (Fsp3) is 0.611. The fourth-order valence-corrected chi connectivity index (χ4v) is 3.52. The van der Waals surface area contributed by atoms with Crippen LogP contribution in [-0.2, 0) is 4.79 Å². The van der Waals surface area contributed by atoms with E-state index in [1.165, 1.54) is 0 Å². The van der Waals surface area contributed by atoms with Crippen molar-refractivity contribution in [1.29, 1.82) is 0 Å². The van der Waals surface area contributed by atoms with Crippen molar-refractivity contribution in [3.63, 3.8) is 0 Å². The average molecular weight is 411 g/mol. The van der Waals surface area contributed by atoms with Gasteiger partial charge >= 0.3 is 0 Å². The van der Waals surface area contributed by atoms with E-state index in [1.54, 1.807) is 0 Å². The molecule has 2 N–H and O–H groups in total. The molecule has 2 unspecified atom stereocenters. The lowest BCUT2D eigenvalue weighted by atomic mass is 9.98. The minimum absolute atomic E-state index is 0. The van der Waals surface area contributed by atoms with Gasteiger partial charge in [-0.3, -0.25) is 9.69 Å². The zero-order valence-corrected chi connectivity index (χ0v) is 17.4. The highest BCUT2D eigenvalue weighted by Crippen LogP contribution is 2.27. The SMILES string of the molecule is CCN(CC)C(CNC(=O)C1CCCNC1)c1ccccc1Cl.Cl.Cl. The number of nitrogens with one attached hydrogen (secondary N) is 2. The monoisotopic (exact) mass is 409 g/mol. The van der Waals surface area contributed by atoms with Crippen molar-refractivity contribution < 1.29 is 4.79 Å². The van der Waals surface area contributed by atoms with Gasteiger partial charge in [-0.2, -0.15) is 0 Å². The number of carbonyl (C=O) groups is 1. The molecule has 1 amide bonds. The molecule has 1 aromatic carbocycles. The third kappa shape index (κ3) is 6.95. The Labute approximate surface area is 168 Å². The maximum atomic E-state index is 12.4. The van der Waals surface area contributed by atoms with Gasteiger partial charge in [0.15, 0.2) is 0 Å². The molecule has 0 saturated carbocycles. The summed E-state index contributed by atoms with van der Waals surface area (Å²) in [6.45, 7) is 8.53. The largest absolute Gasteiger partial charge is 0.354 e. The van der Waals surface area contributed by atoms with Gasteiger partial charge in [0.05, 0.1) is 12.0 Å².